The summed E-state index contributed by atoms with van der Waals surface area (Å²) in [6.07, 6.45) is 3.94. The minimum atomic E-state index is -3.40. The van der Waals surface area contributed by atoms with E-state index in [1.165, 1.54) is 4.31 Å². The number of rotatable bonds is 2. The summed E-state index contributed by atoms with van der Waals surface area (Å²) in [4.78, 5) is 0.363. The molecule has 0 atom stereocenters. The lowest BCUT2D eigenvalue weighted by Crippen LogP contribution is -2.35. The molecule has 0 unspecified atom stereocenters. The van der Waals surface area contributed by atoms with E-state index in [1.54, 1.807) is 12.1 Å². The summed E-state index contributed by atoms with van der Waals surface area (Å²) in [5.74, 6) is 0. The first-order chi connectivity index (χ1) is 8.95. The summed E-state index contributed by atoms with van der Waals surface area (Å²) >= 11 is 0. The van der Waals surface area contributed by atoms with Gasteiger partial charge in [-0.3, -0.25) is 0 Å². The highest BCUT2D eigenvalue weighted by Gasteiger charge is 2.26. The molecule has 0 aliphatic carbocycles. The van der Waals surface area contributed by atoms with E-state index in [0.717, 1.165) is 16.7 Å². The average Bonchev–Trinajstić information content (AvgIpc) is 2.39. The molecule has 1 aromatic rings. The van der Waals surface area contributed by atoms with Gasteiger partial charge in [-0.15, -0.1) is 0 Å². The first kappa shape index (κ1) is 14.0. The van der Waals surface area contributed by atoms with E-state index < -0.39 is 10.0 Å². The fraction of sp³-hybridized carbons (Fsp3) is 0.333. The van der Waals surface area contributed by atoms with E-state index in [1.807, 2.05) is 45.1 Å². The zero-order chi connectivity index (χ0) is 14.0. The Morgan fingerprint density at radius 3 is 2.37 bits per heavy atom. The SMILES string of the molecule is C/C=C1/CN(S(=O)(=O)c2ccc(C)cc2)CC=C1C. The van der Waals surface area contributed by atoms with Crippen LogP contribution in [0.2, 0.25) is 0 Å². The molecule has 1 aromatic carbocycles. The molecule has 1 aliphatic rings. The molecule has 3 nitrogen and oxygen atoms in total. The minimum absolute atomic E-state index is 0.363. The van der Waals surface area contributed by atoms with Crippen molar-refractivity contribution in [1.29, 1.82) is 0 Å². The molecule has 0 bridgehead atoms. The number of hydrogen-bond acceptors (Lipinski definition) is 2. The number of benzene rings is 1. The molecule has 2 rings (SSSR count). The van der Waals surface area contributed by atoms with Crippen molar-refractivity contribution < 1.29 is 8.42 Å². The second kappa shape index (κ2) is 5.31. The zero-order valence-corrected chi connectivity index (χ0v) is 12.4. The van der Waals surface area contributed by atoms with E-state index in [-0.39, 0.29) is 0 Å². The molecule has 0 N–H and O–H groups in total. The summed E-state index contributed by atoms with van der Waals surface area (Å²) in [6, 6.07) is 7.00. The second-order valence-corrected chi connectivity index (χ2v) is 6.75. The third-order valence-electron chi connectivity index (χ3n) is 3.46. The first-order valence-electron chi connectivity index (χ1n) is 6.34. The number of aryl methyl sites for hydroxylation is 1. The van der Waals surface area contributed by atoms with Crippen LogP contribution in [0.15, 0.2) is 52.5 Å². The minimum Gasteiger partial charge on any atom is -0.207 e. The molecule has 0 aromatic heterocycles. The third-order valence-corrected chi connectivity index (χ3v) is 5.29. The van der Waals surface area contributed by atoms with Crippen molar-refractivity contribution in [2.75, 3.05) is 13.1 Å². The molecule has 19 heavy (non-hydrogen) atoms. The van der Waals surface area contributed by atoms with Crippen LogP contribution in [0.4, 0.5) is 0 Å². The van der Waals surface area contributed by atoms with Crippen molar-refractivity contribution in [1.82, 2.24) is 4.31 Å². The van der Waals surface area contributed by atoms with Gasteiger partial charge in [0.1, 0.15) is 0 Å². The molecule has 1 aliphatic heterocycles. The molecule has 102 valence electrons. The Balaban J connectivity index is 2.34. The van der Waals surface area contributed by atoms with Crippen molar-refractivity contribution in [3.63, 3.8) is 0 Å². The summed E-state index contributed by atoms with van der Waals surface area (Å²) in [5.41, 5.74) is 3.29. The van der Waals surface area contributed by atoms with E-state index in [9.17, 15) is 8.42 Å². The Morgan fingerprint density at radius 2 is 1.79 bits per heavy atom. The highest BCUT2D eigenvalue weighted by molar-refractivity contribution is 7.89. The van der Waals surface area contributed by atoms with Gasteiger partial charge in [-0.05, 0) is 44.1 Å². The monoisotopic (exact) mass is 277 g/mol. The third kappa shape index (κ3) is 2.80. The fourth-order valence-corrected chi connectivity index (χ4v) is 3.47. The second-order valence-electron chi connectivity index (χ2n) is 4.81. The van der Waals surface area contributed by atoms with Crippen LogP contribution in [0.3, 0.4) is 0 Å². The smallest absolute Gasteiger partial charge is 0.207 e. The van der Waals surface area contributed by atoms with Gasteiger partial charge in [-0.25, -0.2) is 8.42 Å². The summed E-state index contributed by atoms with van der Waals surface area (Å²) in [6.45, 7) is 6.80. The van der Waals surface area contributed by atoms with Crippen LogP contribution in [0, 0.1) is 6.92 Å². The maximum atomic E-state index is 12.5. The van der Waals surface area contributed by atoms with Crippen molar-refractivity contribution >= 4 is 10.0 Å². The maximum Gasteiger partial charge on any atom is 0.243 e. The highest BCUT2D eigenvalue weighted by atomic mass is 32.2. The van der Waals surface area contributed by atoms with Gasteiger partial charge >= 0.3 is 0 Å². The van der Waals surface area contributed by atoms with E-state index in [2.05, 4.69) is 0 Å². The molecule has 0 spiro atoms. The van der Waals surface area contributed by atoms with Crippen LogP contribution in [0.5, 0.6) is 0 Å². The molecule has 0 saturated heterocycles. The van der Waals surface area contributed by atoms with E-state index in [0.29, 0.717) is 18.0 Å². The lowest BCUT2D eigenvalue weighted by molar-refractivity contribution is 0.459. The predicted octanol–water partition coefficient (Wildman–Crippen LogP) is 2.89. The number of hydrogen-bond donors (Lipinski definition) is 0. The van der Waals surface area contributed by atoms with Gasteiger partial charge in [0.15, 0.2) is 0 Å². The Hall–Kier alpha value is -1.39. The summed E-state index contributed by atoms with van der Waals surface area (Å²) < 4.78 is 26.6. The Morgan fingerprint density at radius 1 is 1.16 bits per heavy atom. The van der Waals surface area contributed by atoms with E-state index in [4.69, 9.17) is 0 Å². The quantitative estimate of drug-likeness (QED) is 0.833. The Labute approximate surface area is 115 Å². The predicted molar refractivity (Wildman–Crippen MR) is 77.5 cm³/mol. The number of allylic oxidation sites excluding steroid dienone is 1. The standard InChI is InChI=1S/C15H19NO2S/c1-4-14-11-16(10-9-13(14)3)19(17,18)15-7-5-12(2)6-8-15/h4-9H,10-11H2,1-3H3/b14-4-. The lowest BCUT2D eigenvalue weighted by atomic mass is 10.1. The average molecular weight is 277 g/mol. The van der Waals surface area contributed by atoms with Crippen LogP contribution in [0.25, 0.3) is 0 Å². The molecule has 0 radical (unpaired) electrons. The molecule has 0 saturated carbocycles. The van der Waals surface area contributed by atoms with Crippen molar-refractivity contribution in [3.05, 3.63) is 53.1 Å². The molecular formula is C15H19NO2S. The van der Waals surface area contributed by atoms with Crippen LogP contribution < -0.4 is 0 Å². The highest BCUT2D eigenvalue weighted by Crippen LogP contribution is 2.23. The topological polar surface area (TPSA) is 37.4 Å². The van der Waals surface area contributed by atoms with Crippen molar-refractivity contribution in [2.24, 2.45) is 0 Å². The van der Waals surface area contributed by atoms with Gasteiger partial charge < -0.3 is 0 Å². The lowest BCUT2D eigenvalue weighted by Gasteiger charge is -2.26. The van der Waals surface area contributed by atoms with Gasteiger partial charge in [0.05, 0.1) is 4.90 Å². The fourth-order valence-electron chi connectivity index (χ4n) is 2.11. The van der Waals surface area contributed by atoms with Crippen LogP contribution in [-0.4, -0.2) is 25.8 Å². The van der Waals surface area contributed by atoms with Crippen molar-refractivity contribution in [2.45, 2.75) is 25.7 Å². The van der Waals surface area contributed by atoms with E-state index >= 15 is 0 Å². The van der Waals surface area contributed by atoms with Crippen molar-refractivity contribution in [3.8, 4) is 0 Å². The Bertz CT molecular complexity index is 625. The number of sulfonamides is 1. The summed E-state index contributed by atoms with van der Waals surface area (Å²) in [7, 11) is -3.40. The molecule has 4 heteroatoms. The van der Waals surface area contributed by atoms with Crippen LogP contribution >= 0.6 is 0 Å². The molecule has 0 amide bonds. The zero-order valence-electron chi connectivity index (χ0n) is 11.6. The molecule has 0 fully saturated rings. The van der Waals surface area contributed by atoms with Gasteiger partial charge in [-0.1, -0.05) is 29.8 Å². The largest absolute Gasteiger partial charge is 0.243 e. The summed E-state index contributed by atoms with van der Waals surface area (Å²) in [5, 5.41) is 0. The van der Waals surface area contributed by atoms with Gasteiger partial charge in [0.2, 0.25) is 10.0 Å². The van der Waals surface area contributed by atoms with Crippen LogP contribution in [0.1, 0.15) is 19.4 Å². The maximum absolute atomic E-state index is 12.5. The van der Waals surface area contributed by atoms with Gasteiger partial charge in [0, 0.05) is 13.1 Å². The first-order valence-corrected chi connectivity index (χ1v) is 7.78. The Kier molecular flexibility index (Phi) is 3.92. The molecule has 1 heterocycles. The number of nitrogens with zero attached hydrogens (tertiary/aromatic N) is 1. The molecular weight excluding hydrogens is 258 g/mol. The normalized spacial score (nSPS) is 19.5. The van der Waals surface area contributed by atoms with Gasteiger partial charge in [-0.2, -0.15) is 4.31 Å². The van der Waals surface area contributed by atoms with Crippen LogP contribution in [-0.2, 0) is 10.0 Å². The van der Waals surface area contributed by atoms with Gasteiger partial charge in [0.25, 0.3) is 0 Å².